The molecule has 0 saturated carbocycles. The summed E-state index contributed by atoms with van der Waals surface area (Å²) in [7, 11) is 0. The lowest BCUT2D eigenvalue weighted by atomic mass is 10.1. The number of aromatic amines is 1. The molecular weight excluding hydrogens is 519 g/mol. The van der Waals surface area contributed by atoms with E-state index in [0.717, 1.165) is 29.6 Å². The summed E-state index contributed by atoms with van der Waals surface area (Å²) in [5.74, 6) is 0.189. The van der Waals surface area contributed by atoms with Crippen molar-refractivity contribution >= 4 is 40.0 Å². The smallest absolute Gasteiger partial charge is 0.273 e. The number of nitrogens with zero attached hydrogens (tertiary/aromatic N) is 2. The maximum atomic E-state index is 12.8. The zero-order valence-electron chi connectivity index (χ0n) is 21.0. The molecule has 194 valence electrons. The van der Waals surface area contributed by atoms with Crippen LogP contribution in [-0.2, 0) is 19.5 Å². The van der Waals surface area contributed by atoms with Crippen LogP contribution in [0, 0.1) is 0 Å². The van der Waals surface area contributed by atoms with E-state index >= 15 is 0 Å². The van der Waals surface area contributed by atoms with Gasteiger partial charge in [-0.2, -0.15) is 0 Å². The van der Waals surface area contributed by atoms with Crippen molar-refractivity contribution in [2.24, 2.45) is 0 Å². The van der Waals surface area contributed by atoms with Gasteiger partial charge in [0.25, 0.3) is 5.91 Å². The van der Waals surface area contributed by atoms with Crippen molar-refractivity contribution < 1.29 is 9.21 Å². The number of carbonyl (C=O) groups is 1. The largest absolute Gasteiger partial charge is 0.447 e. The zero-order chi connectivity index (χ0) is 26.5. The second-order valence-electron chi connectivity index (χ2n) is 9.29. The molecular formula is C30H28Cl2N4O2. The summed E-state index contributed by atoms with van der Waals surface area (Å²) in [5, 5.41) is 5.39. The summed E-state index contributed by atoms with van der Waals surface area (Å²) in [6, 6.07) is 23.4. The molecule has 2 N–H and O–H groups in total. The summed E-state index contributed by atoms with van der Waals surface area (Å²) in [4.78, 5) is 22.9. The van der Waals surface area contributed by atoms with E-state index in [2.05, 4.69) is 38.5 Å². The van der Waals surface area contributed by atoms with Crippen LogP contribution in [0.2, 0.25) is 10.0 Å². The highest BCUT2D eigenvalue weighted by molar-refractivity contribution is 6.35. The standard InChI is InChI=1S/C30H28Cl2N4O2/c1-20(21-7-3-2-4-8-21)34-30(37)28-19-38-29(35-28)18-36(17-23-11-12-24(31)15-26(23)32)14-13-22-16-33-27-10-6-5-9-25(22)27/h2-12,15-16,19-20,33H,13-14,17-18H2,1H3,(H,34,37). The SMILES string of the molecule is CC(NC(=O)c1coc(CN(CCc2c[nH]c3ccccc23)Cc2ccc(Cl)cc2Cl)n1)c1ccccc1. The van der Waals surface area contributed by atoms with E-state index in [9.17, 15) is 4.79 Å². The van der Waals surface area contributed by atoms with E-state index in [1.54, 1.807) is 6.07 Å². The molecule has 5 rings (SSSR count). The Balaban J connectivity index is 1.30. The molecule has 2 aromatic heterocycles. The Labute approximate surface area is 231 Å². The van der Waals surface area contributed by atoms with Crippen molar-refractivity contribution in [3.8, 4) is 0 Å². The van der Waals surface area contributed by atoms with Gasteiger partial charge in [0.2, 0.25) is 5.89 Å². The number of fused-ring (bicyclic) bond motifs is 1. The number of carbonyl (C=O) groups excluding carboxylic acids is 1. The number of nitrogens with one attached hydrogen (secondary N) is 2. The van der Waals surface area contributed by atoms with Gasteiger partial charge in [-0.05, 0) is 48.2 Å². The number of para-hydroxylation sites is 1. The summed E-state index contributed by atoms with van der Waals surface area (Å²) in [6.07, 6.45) is 4.28. The molecule has 2 heterocycles. The lowest BCUT2D eigenvalue weighted by molar-refractivity contribution is 0.0934. The zero-order valence-corrected chi connectivity index (χ0v) is 22.5. The number of halogens is 2. The molecule has 1 unspecified atom stereocenters. The van der Waals surface area contributed by atoms with E-state index in [-0.39, 0.29) is 17.6 Å². The van der Waals surface area contributed by atoms with Gasteiger partial charge in [-0.3, -0.25) is 9.69 Å². The molecule has 3 aromatic carbocycles. The number of hydrogen-bond acceptors (Lipinski definition) is 4. The van der Waals surface area contributed by atoms with E-state index in [0.29, 0.717) is 29.0 Å². The van der Waals surface area contributed by atoms with Crippen LogP contribution in [0.15, 0.2) is 89.7 Å². The first-order valence-electron chi connectivity index (χ1n) is 12.5. The Kier molecular flexibility index (Phi) is 8.13. The Morgan fingerprint density at radius 2 is 1.82 bits per heavy atom. The van der Waals surface area contributed by atoms with Crippen molar-refractivity contribution in [2.75, 3.05) is 6.54 Å². The first-order chi connectivity index (χ1) is 18.5. The second-order valence-corrected chi connectivity index (χ2v) is 10.1. The fourth-order valence-corrected chi connectivity index (χ4v) is 4.96. The van der Waals surface area contributed by atoms with Crippen LogP contribution < -0.4 is 5.32 Å². The Morgan fingerprint density at radius 1 is 1.03 bits per heavy atom. The van der Waals surface area contributed by atoms with Crippen molar-refractivity contribution in [3.05, 3.63) is 124 Å². The lowest BCUT2D eigenvalue weighted by Crippen LogP contribution is -2.27. The molecule has 0 aliphatic rings. The highest BCUT2D eigenvalue weighted by atomic mass is 35.5. The number of rotatable bonds is 10. The Morgan fingerprint density at radius 3 is 2.63 bits per heavy atom. The molecule has 0 bridgehead atoms. The summed E-state index contributed by atoms with van der Waals surface area (Å²) >= 11 is 12.6. The topological polar surface area (TPSA) is 74.2 Å². The number of H-pyrrole nitrogens is 1. The van der Waals surface area contributed by atoms with Crippen molar-refractivity contribution in [1.29, 1.82) is 0 Å². The van der Waals surface area contributed by atoms with Crippen LogP contribution in [-0.4, -0.2) is 27.3 Å². The third-order valence-electron chi connectivity index (χ3n) is 6.57. The molecule has 5 aromatic rings. The molecule has 0 aliphatic carbocycles. The second kappa shape index (κ2) is 11.9. The van der Waals surface area contributed by atoms with Crippen LogP contribution in [0.5, 0.6) is 0 Å². The molecule has 8 heteroatoms. The molecule has 1 amide bonds. The number of hydrogen-bond donors (Lipinski definition) is 2. The van der Waals surface area contributed by atoms with Gasteiger partial charge in [-0.25, -0.2) is 4.98 Å². The molecule has 6 nitrogen and oxygen atoms in total. The Bertz CT molecular complexity index is 1530. The van der Waals surface area contributed by atoms with Crippen molar-refractivity contribution in [3.63, 3.8) is 0 Å². The normalized spacial score (nSPS) is 12.2. The van der Waals surface area contributed by atoms with Gasteiger partial charge in [0.05, 0.1) is 12.6 Å². The number of oxazole rings is 1. The van der Waals surface area contributed by atoms with E-state index in [1.165, 1.54) is 17.2 Å². The number of benzene rings is 3. The number of amides is 1. The first kappa shape index (κ1) is 26.0. The third kappa shape index (κ3) is 6.27. The minimum atomic E-state index is -0.276. The van der Waals surface area contributed by atoms with Crippen LogP contribution in [0.1, 0.15) is 46.0 Å². The van der Waals surface area contributed by atoms with E-state index in [4.69, 9.17) is 27.6 Å². The Hall–Kier alpha value is -3.58. The molecule has 1 atom stereocenters. The molecule has 0 saturated heterocycles. The molecule has 0 aliphatic heterocycles. The summed E-state index contributed by atoms with van der Waals surface area (Å²) < 4.78 is 5.72. The molecule has 0 fully saturated rings. The first-order valence-corrected chi connectivity index (χ1v) is 13.2. The van der Waals surface area contributed by atoms with Gasteiger partial charge < -0.3 is 14.7 Å². The van der Waals surface area contributed by atoms with Gasteiger partial charge in [-0.15, -0.1) is 0 Å². The summed E-state index contributed by atoms with van der Waals surface area (Å²) in [6.45, 7) is 3.67. The lowest BCUT2D eigenvalue weighted by Gasteiger charge is -2.21. The molecule has 0 spiro atoms. The van der Waals surface area contributed by atoms with Gasteiger partial charge in [0, 0.05) is 40.2 Å². The highest BCUT2D eigenvalue weighted by Gasteiger charge is 2.18. The average Bonchev–Trinajstić information content (AvgIpc) is 3.56. The minimum Gasteiger partial charge on any atom is -0.447 e. The minimum absolute atomic E-state index is 0.149. The predicted octanol–water partition coefficient (Wildman–Crippen LogP) is 7.20. The van der Waals surface area contributed by atoms with Gasteiger partial charge in [0.1, 0.15) is 6.26 Å². The van der Waals surface area contributed by atoms with Crippen LogP contribution in [0.4, 0.5) is 0 Å². The van der Waals surface area contributed by atoms with E-state index < -0.39 is 0 Å². The van der Waals surface area contributed by atoms with E-state index in [1.807, 2.05) is 61.5 Å². The maximum Gasteiger partial charge on any atom is 0.273 e. The van der Waals surface area contributed by atoms with Crippen molar-refractivity contribution in [1.82, 2.24) is 20.2 Å². The van der Waals surface area contributed by atoms with Gasteiger partial charge >= 0.3 is 0 Å². The maximum absolute atomic E-state index is 12.8. The molecule has 38 heavy (non-hydrogen) atoms. The van der Waals surface area contributed by atoms with Crippen LogP contribution >= 0.6 is 23.2 Å². The highest BCUT2D eigenvalue weighted by Crippen LogP contribution is 2.24. The van der Waals surface area contributed by atoms with Gasteiger partial charge in [0.15, 0.2) is 5.69 Å². The predicted molar refractivity (Wildman–Crippen MR) is 151 cm³/mol. The van der Waals surface area contributed by atoms with Crippen molar-refractivity contribution in [2.45, 2.75) is 32.5 Å². The quantitative estimate of drug-likeness (QED) is 0.194. The van der Waals surface area contributed by atoms with Crippen LogP contribution in [0.25, 0.3) is 10.9 Å². The average molecular weight is 547 g/mol. The molecule has 0 radical (unpaired) electrons. The third-order valence-corrected chi connectivity index (χ3v) is 7.16. The van der Waals surface area contributed by atoms with Crippen LogP contribution in [0.3, 0.4) is 0 Å². The fourth-order valence-electron chi connectivity index (χ4n) is 4.50. The monoisotopic (exact) mass is 546 g/mol. The fraction of sp³-hybridized carbons (Fsp3) is 0.200. The number of aromatic nitrogens is 2. The van der Waals surface area contributed by atoms with Gasteiger partial charge in [-0.1, -0.05) is 77.8 Å². The summed E-state index contributed by atoms with van der Waals surface area (Å²) in [5.41, 5.74) is 4.58.